The maximum absolute atomic E-state index is 12.3. The molecule has 5 nitrogen and oxygen atoms in total. The minimum atomic E-state index is -0.533. The van der Waals surface area contributed by atoms with Crippen LogP contribution in [0.2, 0.25) is 0 Å². The van der Waals surface area contributed by atoms with E-state index >= 15 is 0 Å². The van der Waals surface area contributed by atoms with Crippen molar-refractivity contribution in [3.8, 4) is 0 Å². The van der Waals surface area contributed by atoms with E-state index in [4.69, 9.17) is 10.5 Å². The molecular formula is C15H28N2O3. The Hall–Kier alpha value is -0.650. The molecule has 2 rings (SSSR count). The Bertz CT molecular complexity index is 337. The molecule has 2 fully saturated rings. The molecule has 1 heterocycles. The highest BCUT2D eigenvalue weighted by molar-refractivity contribution is 5.81. The van der Waals surface area contributed by atoms with Crippen molar-refractivity contribution in [2.24, 2.45) is 11.7 Å². The summed E-state index contributed by atoms with van der Waals surface area (Å²) in [4.78, 5) is 14.2. The lowest BCUT2D eigenvalue weighted by molar-refractivity contribution is -0.144. The molecule has 0 spiro atoms. The van der Waals surface area contributed by atoms with Gasteiger partial charge in [0.2, 0.25) is 5.91 Å². The molecule has 0 aromatic heterocycles. The number of aliphatic hydroxyl groups is 1. The van der Waals surface area contributed by atoms with Crippen molar-refractivity contribution < 1.29 is 14.6 Å². The topological polar surface area (TPSA) is 75.8 Å². The van der Waals surface area contributed by atoms with Crippen molar-refractivity contribution in [3.63, 3.8) is 0 Å². The summed E-state index contributed by atoms with van der Waals surface area (Å²) >= 11 is 0. The van der Waals surface area contributed by atoms with Crippen LogP contribution in [0.15, 0.2) is 0 Å². The van der Waals surface area contributed by atoms with Crippen LogP contribution in [-0.4, -0.2) is 54.4 Å². The number of piperidine rings is 1. The summed E-state index contributed by atoms with van der Waals surface area (Å²) in [5.74, 6) is 0.272. The minimum absolute atomic E-state index is 0.0359. The van der Waals surface area contributed by atoms with E-state index in [1.165, 1.54) is 0 Å². The zero-order chi connectivity index (χ0) is 14.6. The quantitative estimate of drug-likeness (QED) is 0.735. The summed E-state index contributed by atoms with van der Waals surface area (Å²) in [5.41, 5.74) is 5.45. The molecule has 20 heavy (non-hydrogen) atoms. The number of likely N-dealkylation sites (tertiary alicyclic amines) is 1. The van der Waals surface area contributed by atoms with Gasteiger partial charge in [-0.2, -0.15) is 0 Å². The van der Waals surface area contributed by atoms with Gasteiger partial charge in [0.1, 0.15) is 0 Å². The van der Waals surface area contributed by atoms with Gasteiger partial charge in [0.25, 0.3) is 0 Å². The van der Waals surface area contributed by atoms with E-state index in [2.05, 4.69) is 0 Å². The Kier molecular flexibility index (Phi) is 5.41. The number of hydrogen-bond acceptors (Lipinski definition) is 4. The zero-order valence-corrected chi connectivity index (χ0v) is 12.5. The zero-order valence-electron chi connectivity index (χ0n) is 12.5. The second-order valence-corrected chi connectivity index (χ2v) is 6.32. The molecule has 0 aromatic carbocycles. The Morgan fingerprint density at radius 2 is 2.30 bits per heavy atom. The van der Waals surface area contributed by atoms with Gasteiger partial charge in [0.05, 0.1) is 11.6 Å². The first-order chi connectivity index (χ1) is 9.57. The SMILES string of the molecule is COCCCC(N)C(=O)N1CCC2(O)CCCCC2C1. The second kappa shape index (κ2) is 6.87. The summed E-state index contributed by atoms with van der Waals surface area (Å²) in [6, 6.07) is -0.431. The fourth-order valence-corrected chi connectivity index (χ4v) is 3.58. The van der Waals surface area contributed by atoms with Crippen LogP contribution >= 0.6 is 0 Å². The fourth-order valence-electron chi connectivity index (χ4n) is 3.58. The van der Waals surface area contributed by atoms with E-state index in [9.17, 15) is 9.90 Å². The van der Waals surface area contributed by atoms with Gasteiger partial charge in [-0.1, -0.05) is 12.8 Å². The lowest BCUT2D eigenvalue weighted by Crippen LogP contribution is -2.57. The molecule has 1 aliphatic heterocycles. The predicted octanol–water partition coefficient (Wildman–Crippen LogP) is 0.894. The summed E-state index contributed by atoms with van der Waals surface area (Å²) < 4.78 is 4.99. The largest absolute Gasteiger partial charge is 0.389 e. The van der Waals surface area contributed by atoms with Gasteiger partial charge in [-0.3, -0.25) is 4.79 Å². The monoisotopic (exact) mass is 284 g/mol. The van der Waals surface area contributed by atoms with E-state index in [0.29, 0.717) is 32.5 Å². The molecule has 0 radical (unpaired) electrons. The number of ether oxygens (including phenoxy) is 1. The highest BCUT2D eigenvalue weighted by atomic mass is 16.5. The molecule has 3 N–H and O–H groups in total. The first-order valence-corrected chi connectivity index (χ1v) is 7.82. The highest BCUT2D eigenvalue weighted by Gasteiger charge is 2.44. The minimum Gasteiger partial charge on any atom is -0.389 e. The van der Waals surface area contributed by atoms with Gasteiger partial charge >= 0.3 is 0 Å². The van der Waals surface area contributed by atoms with Crippen LogP contribution < -0.4 is 5.73 Å². The fraction of sp³-hybridized carbons (Fsp3) is 0.933. The van der Waals surface area contributed by atoms with Crippen molar-refractivity contribution in [1.82, 2.24) is 4.90 Å². The van der Waals surface area contributed by atoms with Crippen LogP contribution in [0.1, 0.15) is 44.9 Å². The first kappa shape index (κ1) is 15.7. The van der Waals surface area contributed by atoms with Crippen LogP contribution in [-0.2, 0) is 9.53 Å². The number of hydrogen-bond donors (Lipinski definition) is 2. The first-order valence-electron chi connectivity index (χ1n) is 7.82. The van der Waals surface area contributed by atoms with Gasteiger partial charge in [-0.05, 0) is 32.1 Å². The number of nitrogens with zero attached hydrogens (tertiary/aromatic N) is 1. The standard InChI is InChI=1S/C15H28N2O3/c1-20-10-4-6-13(16)14(18)17-9-8-15(19)7-3-2-5-12(15)11-17/h12-13,19H,2-11,16H2,1H3. The number of carbonyl (C=O) groups excluding carboxylic acids is 1. The van der Waals surface area contributed by atoms with Gasteiger partial charge in [-0.15, -0.1) is 0 Å². The van der Waals surface area contributed by atoms with Gasteiger partial charge in [-0.25, -0.2) is 0 Å². The van der Waals surface area contributed by atoms with E-state index in [0.717, 1.165) is 32.1 Å². The average molecular weight is 284 g/mol. The van der Waals surface area contributed by atoms with Crippen molar-refractivity contribution in [1.29, 1.82) is 0 Å². The predicted molar refractivity (Wildman–Crippen MR) is 77.2 cm³/mol. The number of fused-ring (bicyclic) bond motifs is 1. The number of carbonyl (C=O) groups is 1. The van der Waals surface area contributed by atoms with Crippen molar-refractivity contribution in [2.75, 3.05) is 26.8 Å². The van der Waals surface area contributed by atoms with Crippen LogP contribution in [0.3, 0.4) is 0 Å². The van der Waals surface area contributed by atoms with Crippen LogP contribution in [0.4, 0.5) is 0 Å². The Balaban J connectivity index is 1.85. The second-order valence-electron chi connectivity index (χ2n) is 6.32. The summed E-state index contributed by atoms with van der Waals surface area (Å²) in [5, 5.41) is 10.6. The molecule has 116 valence electrons. The number of rotatable bonds is 5. The third-order valence-electron chi connectivity index (χ3n) is 4.92. The third-order valence-corrected chi connectivity index (χ3v) is 4.92. The van der Waals surface area contributed by atoms with Gasteiger partial charge < -0.3 is 20.5 Å². The Labute approximate surface area is 121 Å². The molecule has 1 amide bonds. The molecule has 3 unspecified atom stereocenters. The average Bonchev–Trinajstić information content (AvgIpc) is 2.45. The third kappa shape index (κ3) is 3.51. The van der Waals surface area contributed by atoms with E-state index in [1.54, 1.807) is 7.11 Å². The number of nitrogens with two attached hydrogens (primary N) is 1. The molecule has 1 aliphatic carbocycles. The maximum atomic E-state index is 12.3. The van der Waals surface area contributed by atoms with Crippen molar-refractivity contribution >= 4 is 5.91 Å². The number of methoxy groups -OCH3 is 1. The summed E-state index contributed by atoms with van der Waals surface area (Å²) in [6.07, 6.45) is 6.36. The van der Waals surface area contributed by atoms with E-state index < -0.39 is 11.6 Å². The lowest BCUT2D eigenvalue weighted by Gasteiger charge is -2.47. The van der Waals surface area contributed by atoms with Gasteiger partial charge in [0.15, 0.2) is 0 Å². The highest BCUT2D eigenvalue weighted by Crippen LogP contribution is 2.39. The van der Waals surface area contributed by atoms with E-state index in [1.807, 2.05) is 4.90 Å². The van der Waals surface area contributed by atoms with Gasteiger partial charge in [0, 0.05) is 32.7 Å². The molecule has 1 saturated carbocycles. The Morgan fingerprint density at radius 3 is 3.05 bits per heavy atom. The Morgan fingerprint density at radius 1 is 1.50 bits per heavy atom. The van der Waals surface area contributed by atoms with Crippen molar-refractivity contribution in [2.45, 2.75) is 56.6 Å². The molecule has 3 atom stereocenters. The van der Waals surface area contributed by atoms with Crippen LogP contribution in [0.5, 0.6) is 0 Å². The molecule has 0 aromatic rings. The molecule has 1 saturated heterocycles. The normalized spacial score (nSPS) is 31.8. The number of amides is 1. The molecule has 0 bridgehead atoms. The molecule has 2 aliphatic rings. The van der Waals surface area contributed by atoms with Crippen molar-refractivity contribution in [3.05, 3.63) is 0 Å². The maximum Gasteiger partial charge on any atom is 0.239 e. The van der Waals surface area contributed by atoms with Crippen LogP contribution in [0, 0.1) is 5.92 Å². The summed E-state index contributed by atoms with van der Waals surface area (Å²) in [7, 11) is 1.65. The smallest absolute Gasteiger partial charge is 0.239 e. The molecular weight excluding hydrogens is 256 g/mol. The molecule has 5 heteroatoms. The van der Waals surface area contributed by atoms with Crippen LogP contribution in [0.25, 0.3) is 0 Å². The lowest BCUT2D eigenvalue weighted by atomic mass is 9.71. The summed E-state index contributed by atoms with van der Waals surface area (Å²) in [6.45, 7) is 1.96. The van der Waals surface area contributed by atoms with E-state index in [-0.39, 0.29) is 11.8 Å².